The molecule has 3 N–H and O–H groups in total. The molecule has 3 heterocycles. The fourth-order valence-electron chi connectivity index (χ4n) is 3.82. The third-order valence-electron chi connectivity index (χ3n) is 5.31. The second-order valence-electron chi connectivity index (χ2n) is 7.27. The van der Waals surface area contributed by atoms with Gasteiger partial charge in [0.25, 0.3) is 0 Å². The van der Waals surface area contributed by atoms with Gasteiger partial charge in [-0.15, -0.1) is 0 Å². The predicted molar refractivity (Wildman–Crippen MR) is 113 cm³/mol. The van der Waals surface area contributed by atoms with E-state index in [1.54, 1.807) is 4.68 Å². The summed E-state index contributed by atoms with van der Waals surface area (Å²) in [4.78, 5) is 8.50. The fourth-order valence-corrected chi connectivity index (χ4v) is 3.82. The maximum Gasteiger partial charge on any atom is 0.164 e. The minimum atomic E-state index is -1.05. The van der Waals surface area contributed by atoms with Crippen LogP contribution in [0.2, 0.25) is 0 Å². The van der Waals surface area contributed by atoms with Gasteiger partial charge < -0.3 is 15.8 Å². The first kappa shape index (κ1) is 18.5. The molecule has 0 saturated carbocycles. The van der Waals surface area contributed by atoms with Crippen molar-refractivity contribution in [1.82, 2.24) is 25.1 Å². The van der Waals surface area contributed by atoms with E-state index in [-0.39, 0.29) is 0 Å². The molecule has 5 rings (SSSR count). The molecule has 1 saturated heterocycles. The van der Waals surface area contributed by atoms with Crippen molar-refractivity contribution in [2.24, 2.45) is 0 Å². The third kappa shape index (κ3) is 3.35. The standard InChI is InChI=1S/C22H21FN6O/c23-17-12-25-11-10-18(17)29-22-19(21(24)26-13-27-22)20(28-29)14-6-8-16(9-7-14)30-15-4-2-1-3-5-15/h1-9,13,17-18,25H,10-12H2,(H2,24,26,27)/t17-,18-/m0/s1. The van der Waals surface area contributed by atoms with Gasteiger partial charge in [-0.1, -0.05) is 18.2 Å². The number of piperidine rings is 1. The number of nitrogens with zero attached hydrogens (tertiary/aromatic N) is 4. The van der Waals surface area contributed by atoms with E-state index < -0.39 is 12.2 Å². The Kier molecular flexibility index (Phi) is 4.76. The van der Waals surface area contributed by atoms with Crippen LogP contribution in [-0.4, -0.2) is 39.0 Å². The van der Waals surface area contributed by atoms with Crippen LogP contribution in [0.5, 0.6) is 11.5 Å². The molecule has 0 spiro atoms. The first-order chi connectivity index (χ1) is 14.7. The average molecular weight is 404 g/mol. The molecule has 30 heavy (non-hydrogen) atoms. The molecule has 0 radical (unpaired) electrons. The summed E-state index contributed by atoms with van der Waals surface area (Å²) in [5.41, 5.74) is 8.20. The van der Waals surface area contributed by atoms with E-state index >= 15 is 0 Å². The molecule has 2 aromatic heterocycles. The first-order valence-electron chi connectivity index (χ1n) is 9.87. The molecule has 4 aromatic rings. The van der Waals surface area contributed by atoms with Gasteiger partial charge in [0, 0.05) is 12.1 Å². The van der Waals surface area contributed by atoms with Crippen LogP contribution in [0.15, 0.2) is 60.9 Å². The van der Waals surface area contributed by atoms with E-state index in [2.05, 4.69) is 15.3 Å². The predicted octanol–water partition coefficient (Wildman–Crippen LogP) is 3.74. The number of alkyl halides is 1. The van der Waals surface area contributed by atoms with Crippen molar-refractivity contribution in [3.8, 4) is 22.8 Å². The van der Waals surface area contributed by atoms with Gasteiger partial charge in [-0.2, -0.15) is 5.10 Å². The molecule has 1 fully saturated rings. The van der Waals surface area contributed by atoms with Gasteiger partial charge in [-0.3, -0.25) is 0 Å². The van der Waals surface area contributed by atoms with E-state index in [0.29, 0.717) is 41.3 Å². The highest BCUT2D eigenvalue weighted by Gasteiger charge is 2.30. The maximum absolute atomic E-state index is 14.6. The van der Waals surface area contributed by atoms with Crippen LogP contribution in [0.25, 0.3) is 22.3 Å². The molecular weight excluding hydrogens is 383 g/mol. The zero-order valence-electron chi connectivity index (χ0n) is 16.2. The average Bonchev–Trinajstić information content (AvgIpc) is 3.16. The maximum atomic E-state index is 14.6. The Bertz CT molecular complexity index is 1160. The monoisotopic (exact) mass is 404 g/mol. The Balaban J connectivity index is 1.54. The number of nitrogen functional groups attached to an aromatic ring is 1. The van der Waals surface area contributed by atoms with Gasteiger partial charge in [0.2, 0.25) is 0 Å². The summed E-state index contributed by atoms with van der Waals surface area (Å²) in [6.45, 7) is 1.03. The molecule has 0 unspecified atom stereocenters. The molecule has 7 nitrogen and oxygen atoms in total. The largest absolute Gasteiger partial charge is 0.457 e. The van der Waals surface area contributed by atoms with Gasteiger partial charge in [0.05, 0.1) is 11.4 Å². The Labute approximate surface area is 172 Å². The van der Waals surface area contributed by atoms with Crippen LogP contribution in [-0.2, 0) is 0 Å². The summed E-state index contributed by atoms with van der Waals surface area (Å²) < 4.78 is 22.2. The zero-order chi connectivity index (χ0) is 20.5. The number of fused-ring (bicyclic) bond motifs is 1. The number of benzene rings is 2. The molecule has 1 aliphatic rings. The topological polar surface area (TPSA) is 90.9 Å². The first-order valence-corrected chi connectivity index (χ1v) is 9.87. The van der Waals surface area contributed by atoms with E-state index in [1.165, 1.54) is 6.33 Å². The number of rotatable bonds is 4. The van der Waals surface area contributed by atoms with Crippen molar-refractivity contribution in [3.63, 3.8) is 0 Å². The molecule has 2 atom stereocenters. The van der Waals surface area contributed by atoms with E-state index in [1.807, 2.05) is 54.6 Å². The summed E-state index contributed by atoms with van der Waals surface area (Å²) >= 11 is 0. The van der Waals surface area contributed by atoms with Gasteiger partial charge in [0.15, 0.2) is 5.65 Å². The SMILES string of the molecule is Nc1ncnc2c1c(-c1ccc(Oc3ccccc3)cc1)nn2[C@H]1CCNC[C@@H]1F. The number of nitrogens with one attached hydrogen (secondary N) is 1. The summed E-state index contributed by atoms with van der Waals surface area (Å²) in [6.07, 6.45) is 0.975. The van der Waals surface area contributed by atoms with Gasteiger partial charge in [-0.25, -0.2) is 19.0 Å². The summed E-state index contributed by atoms with van der Waals surface area (Å²) in [5, 5.41) is 8.44. The summed E-state index contributed by atoms with van der Waals surface area (Å²) in [6, 6.07) is 16.7. The van der Waals surface area contributed by atoms with E-state index in [0.717, 1.165) is 17.9 Å². The lowest BCUT2D eigenvalue weighted by Gasteiger charge is -2.27. The highest BCUT2D eigenvalue weighted by atomic mass is 19.1. The van der Waals surface area contributed by atoms with Crippen LogP contribution >= 0.6 is 0 Å². The lowest BCUT2D eigenvalue weighted by molar-refractivity contribution is 0.176. The molecule has 1 aliphatic heterocycles. The van der Waals surface area contributed by atoms with Crippen molar-refractivity contribution in [3.05, 3.63) is 60.9 Å². The number of hydrogen-bond acceptors (Lipinski definition) is 6. The number of aromatic nitrogens is 4. The van der Waals surface area contributed by atoms with Crippen molar-refractivity contribution in [1.29, 1.82) is 0 Å². The molecular formula is C22H21FN6O. The number of ether oxygens (including phenoxy) is 1. The Hall–Kier alpha value is -3.52. The van der Waals surface area contributed by atoms with Crippen LogP contribution < -0.4 is 15.8 Å². The molecule has 152 valence electrons. The summed E-state index contributed by atoms with van der Waals surface area (Å²) in [5.74, 6) is 1.80. The molecule has 0 aliphatic carbocycles. The Morgan fingerprint density at radius 2 is 1.80 bits per heavy atom. The number of hydrogen-bond donors (Lipinski definition) is 2. The van der Waals surface area contributed by atoms with Gasteiger partial charge in [0.1, 0.15) is 35.5 Å². The van der Waals surface area contributed by atoms with E-state index in [9.17, 15) is 4.39 Å². The minimum absolute atomic E-state index is 0.299. The highest BCUT2D eigenvalue weighted by molar-refractivity contribution is 5.98. The number of para-hydroxylation sites is 1. The van der Waals surface area contributed by atoms with Crippen LogP contribution in [0.4, 0.5) is 10.2 Å². The normalized spacial score (nSPS) is 19.1. The Morgan fingerprint density at radius 1 is 1.03 bits per heavy atom. The fraction of sp³-hybridized carbons (Fsp3) is 0.227. The van der Waals surface area contributed by atoms with Crippen LogP contribution in [0.1, 0.15) is 12.5 Å². The second kappa shape index (κ2) is 7.72. The number of nitrogens with two attached hydrogens (primary N) is 1. The lowest BCUT2D eigenvalue weighted by atomic mass is 10.1. The zero-order valence-corrected chi connectivity index (χ0v) is 16.2. The third-order valence-corrected chi connectivity index (χ3v) is 5.31. The quantitative estimate of drug-likeness (QED) is 0.538. The molecule has 0 amide bonds. The van der Waals surface area contributed by atoms with Crippen molar-refractivity contribution in [2.75, 3.05) is 18.8 Å². The lowest BCUT2D eigenvalue weighted by Crippen LogP contribution is -2.39. The molecule has 2 aromatic carbocycles. The van der Waals surface area contributed by atoms with Crippen molar-refractivity contribution in [2.45, 2.75) is 18.6 Å². The highest BCUT2D eigenvalue weighted by Crippen LogP contribution is 2.35. The Morgan fingerprint density at radius 3 is 2.57 bits per heavy atom. The van der Waals surface area contributed by atoms with Crippen molar-refractivity contribution >= 4 is 16.9 Å². The van der Waals surface area contributed by atoms with Crippen LogP contribution in [0, 0.1) is 0 Å². The molecule has 8 heteroatoms. The van der Waals surface area contributed by atoms with Gasteiger partial charge in [-0.05, 0) is 49.4 Å². The smallest absolute Gasteiger partial charge is 0.164 e. The second-order valence-corrected chi connectivity index (χ2v) is 7.27. The van der Waals surface area contributed by atoms with E-state index in [4.69, 9.17) is 15.6 Å². The van der Waals surface area contributed by atoms with Crippen LogP contribution in [0.3, 0.4) is 0 Å². The van der Waals surface area contributed by atoms with Crippen molar-refractivity contribution < 1.29 is 9.13 Å². The minimum Gasteiger partial charge on any atom is -0.457 e. The number of anilines is 1. The molecule has 0 bridgehead atoms. The van der Waals surface area contributed by atoms with Gasteiger partial charge >= 0.3 is 0 Å². The summed E-state index contributed by atoms with van der Waals surface area (Å²) in [7, 11) is 0. The number of halogens is 1.